The molecule has 156 valence electrons. The molecule has 4 rings (SSSR count). The van der Waals surface area contributed by atoms with Gasteiger partial charge in [0.2, 0.25) is 10.5 Å². The van der Waals surface area contributed by atoms with Crippen molar-refractivity contribution in [3.8, 4) is 0 Å². The van der Waals surface area contributed by atoms with Gasteiger partial charge in [0.1, 0.15) is 0 Å². The number of para-hydroxylation sites is 1. The Morgan fingerprint density at radius 2 is 1.73 bits per heavy atom. The van der Waals surface area contributed by atoms with Gasteiger partial charge in [-0.3, -0.25) is 18.7 Å². The molecule has 0 amide bonds. The fourth-order valence-electron chi connectivity index (χ4n) is 3.74. The lowest BCUT2D eigenvalue weighted by molar-refractivity contribution is 0.244. The van der Waals surface area contributed by atoms with E-state index in [4.69, 9.17) is 12.2 Å². The van der Waals surface area contributed by atoms with Gasteiger partial charge in [0.25, 0.3) is 5.56 Å². The highest BCUT2D eigenvalue weighted by molar-refractivity contribution is 7.71. The van der Waals surface area contributed by atoms with Gasteiger partial charge in [-0.2, -0.15) is 0 Å². The van der Waals surface area contributed by atoms with Crippen LogP contribution in [0.4, 0.5) is 0 Å². The van der Waals surface area contributed by atoms with E-state index in [0.29, 0.717) is 22.6 Å². The minimum atomic E-state index is -0.0717. The molecule has 0 saturated heterocycles. The van der Waals surface area contributed by atoms with Crippen molar-refractivity contribution in [3.63, 3.8) is 0 Å². The molecule has 0 radical (unpaired) electrons. The molecular weight excluding hydrogens is 394 g/mol. The van der Waals surface area contributed by atoms with Crippen LogP contribution in [0.3, 0.4) is 0 Å². The molecule has 0 spiro atoms. The molecule has 0 unspecified atom stereocenters. The summed E-state index contributed by atoms with van der Waals surface area (Å²) in [6.45, 7) is 7.96. The van der Waals surface area contributed by atoms with Crippen molar-refractivity contribution in [1.82, 2.24) is 23.6 Å². The SMILES string of the molecule is CN(Cc1ccc(C(C)(C)C)cc1)Cn1nc2n(C)c(=O)c3ccccc3n2c1=S. The summed E-state index contributed by atoms with van der Waals surface area (Å²) in [5, 5.41) is 5.28. The van der Waals surface area contributed by atoms with Crippen LogP contribution in [0.5, 0.6) is 0 Å². The molecule has 0 N–H and O–H groups in total. The zero-order valence-electron chi connectivity index (χ0n) is 18.1. The second kappa shape index (κ2) is 7.49. The van der Waals surface area contributed by atoms with Crippen LogP contribution in [-0.4, -0.2) is 30.7 Å². The van der Waals surface area contributed by atoms with Crippen molar-refractivity contribution in [2.45, 2.75) is 39.4 Å². The van der Waals surface area contributed by atoms with Crippen LogP contribution < -0.4 is 5.56 Å². The standard InChI is InChI=1S/C23H27N5OS/c1-23(2,3)17-12-10-16(11-13-17)14-25(4)15-27-22(30)28-19-9-7-6-8-18(19)20(29)26(5)21(28)24-27/h6-13H,14-15H2,1-5H3. The third-order valence-corrected chi connectivity index (χ3v) is 5.84. The van der Waals surface area contributed by atoms with Crippen LogP contribution in [-0.2, 0) is 25.7 Å². The Morgan fingerprint density at radius 1 is 1.07 bits per heavy atom. The van der Waals surface area contributed by atoms with Gasteiger partial charge in [0.15, 0.2) is 0 Å². The lowest BCUT2D eigenvalue weighted by Gasteiger charge is -2.20. The molecule has 2 aromatic carbocycles. The first-order valence-electron chi connectivity index (χ1n) is 10.0. The molecule has 0 atom stereocenters. The van der Waals surface area contributed by atoms with Gasteiger partial charge in [-0.1, -0.05) is 57.2 Å². The summed E-state index contributed by atoms with van der Waals surface area (Å²) in [6.07, 6.45) is 0. The molecular formula is C23H27N5OS. The van der Waals surface area contributed by atoms with E-state index in [9.17, 15) is 4.79 Å². The summed E-state index contributed by atoms with van der Waals surface area (Å²) in [4.78, 5) is 14.8. The van der Waals surface area contributed by atoms with Crippen molar-refractivity contribution in [2.75, 3.05) is 7.05 Å². The normalized spacial score (nSPS) is 12.3. The number of rotatable bonds is 4. The molecule has 0 saturated carbocycles. The van der Waals surface area contributed by atoms with E-state index >= 15 is 0 Å². The summed E-state index contributed by atoms with van der Waals surface area (Å²) in [5.41, 5.74) is 3.42. The first-order chi connectivity index (χ1) is 14.2. The predicted molar refractivity (Wildman–Crippen MR) is 123 cm³/mol. The second-order valence-electron chi connectivity index (χ2n) is 8.90. The smallest absolute Gasteiger partial charge is 0.262 e. The first kappa shape index (κ1) is 20.5. The van der Waals surface area contributed by atoms with E-state index in [1.807, 2.05) is 35.7 Å². The molecule has 6 nitrogen and oxygen atoms in total. The van der Waals surface area contributed by atoms with Crippen molar-refractivity contribution >= 4 is 28.9 Å². The fraction of sp³-hybridized carbons (Fsp3) is 0.348. The lowest BCUT2D eigenvalue weighted by atomic mass is 9.87. The molecule has 2 heterocycles. The number of nitrogens with zero attached hydrogens (tertiary/aromatic N) is 5. The molecule has 0 aliphatic carbocycles. The highest BCUT2D eigenvalue weighted by Gasteiger charge is 2.15. The second-order valence-corrected chi connectivity index (χ2v) is 9.27. The third-order valence-electron chi connectivity index (χ3n) is 5.45. The van der Waals surface area contributed by atoms with Crippen LogP contribution in [0.1, 0.15) is 31.9 Å². The summed E-state index contributed by atoms with van der Waals surface area (Å²) >= 11 is 5.72. The molecule has 0 aliphatic rings. The maximum atomic E-state index is 12.7. The highest BCUT2D eigenvalue weighted by Crippen LogP contribution is 2.22. The van der Waals surface area contributed by atoms with E-state index in [0.717, 1.165) is 12.1 Å². The van der Waals surface area contributed by atoms with E-state index in [-0.39, 0.29) is 11.0 Å². The Balaban J connectivity index is 1.65. The number of hydrogen-bond acceptors (Lipinski definition) is 4. The summed E-state index contributed by atoms with van der Waals surface area (Å²) in [6, 6.07) is 16.3. The first-order valence-corrected chi connectivity index (χ1v) is 10.4. The van der Waals surface area contributed by atoms with Crippen LogP contribution in [0.15, 0.2) is 53.3 Å². The van der Waals surface area contributed by atoms with Crippen LogP contribution >= 0.6 is 12.2 Å². The highest BCUT2D eigenvalue weighted by atomic mass is 32.1. The van der Waals surface area contributed by atoms with Crippen molar-refractivity contribution < 1.29 is 0 Å². The third kappa shape index (κ3) is 3.59. The number of aryl methyl sites for hydroxylation is 1. The zero-order chi connectivity index (χ0) is 21.6. The van der Waals surface area contributed by atoms with Crippen LogP contribution in [0.2, 0.25) is 0 Å². The molecule has 4 aromatic rings. The number of benzene rings is 2. The molecule has 7 heteroatoms. The largest absolute Gasteiger partial charge is 0.283 e. The Labute approximate surface area is 181 Å². The van der Waals surface area contributed by atoms with E-state index in [2.05, 4.69) is 55.0 Å². The number of fused-ring (bicyclic) bond motifs is 3. The van der Waals surface area contributed by atoms with Gasteiger partial charge in [0, 0.05) is 13.6 Å². The van der Waals surface area contributed by atoms with Crippen molar-refractivity contribution in [3.05, 3.63) is 74.8 Å². The fourth-order valence-corrected chi connectivity index (χ4v) is 4.02. The van der Waals surface area contributed by atoms with Crippen molar-refractivity contribution in [2.24, 2.45) is 7.05 Å². The van der Waals surface area contributed by atoms with Gasteiger partial charge in [0.05, 0.1) is 17.6 Å². The minimum Gasteiger partial charge on any atom is -0.283 e. The van der Waals surface area contributed by atoms with Crippen LogP contribution in [0, 0.1) is 4.77 Å². The average Bonchev–Trinajstić information content (AvgIpc) is 3.02. The van der Waals surface area contributed by atoms with Crippen molar-refractivity contribution in [1.29, 1.82) is 0 Å². The topological polar surface area (TPSA) is 47.5 Å². The quantitative estimate of drug-likeness (QED) is 0.466. The van der Waals surface area contributed by atoms with Gasteiger partial charge in [-0.05, 0) is 47.9 Å². The Morgan fingerprint density at radius 3 is 2.40 bits per heavy atom. The van der Waals surface area contributed by atoms with Crippen LogP contribution in [0.25, 0.3) is 16.7 Å². The average molecular weight is 422 g/mol. The summed E-state index contributed by atoms with van der Waals surface area (Å²) in [5.74, 6) is 0.548. The Kier molecular flexibility index (Phi) is 5.11. The predicted octanol–water partition coefficient (Wildman–Crippen LogP) is 4.10. The van der Waals surface area contributed by atoms with Gasteiger partial charge >= 0.3 is 0 Å². The minimum absolute atomic E-state index is 0.0717. The Hall–Kier alpha value is -2.77. The van der Waals surface area contributed by atoms with E-state index in [1.54, 1.807) is 16.3 Å². The molecule has 0 aliphatic heterocycles. The maximum absolute atomic E-state index is 12.7. The monoisotopic (exact) mass is 421 g/mol. The number of aromatic nitrogens is 4. The lowest BCUT2D eigenvalue weighted by Crippen LogP contribution is -2.23. The van der Waals surface area contributed by atoms with E-state index < -0.39 is 0 Å². The maximum Gasteiger partial charge on any atom is 0.262 e. The zero-order valence-corrected chi connectivity index (χ0v) is 18.9. The number of hydrogen-bond donors (Lipinski definition) is 0. The molecule has 0 bridgehead atoms. The summed E-state index contributed by atoms with van der Waals surface area (Å²) in [7, 11) is 3.78. The van der Waals surface area contributed by atoms with Gasteiger partial charge in [-0.15, -0.1) is 5.10 Å². The molecule has 2 aromatic heterocycles. The summed E-state index contributed by atoms with van der Waals surface area (Å²) < 4.78 is 5.78. The van der Waals surface area contributed by atoms with E-state index in [1.165, 1.54) is 11.1 Å². The molecule has 30 heavy (non-hydrogen) atoms. The Bertz CT molecular complexity index is 1340. The van der Waals surface area contributed by atoms with Gasteiger partial charge < -0.3 is 0 Å². The molecule has 0 fully saturated rings. The van der Waals surface area contributed by atoms with Gasteiger partial charge in [-0.25, -0.2) is 4.68 Å².